The summed E-state index contributed by atoms with van der Waals surface area (Å²) in [6, 6.07) is 0. The Morgan fingerprint density at radius 1 is 1.08 bits per heavy atom. The first-order chi connectivity index (χ1) is 11.8. The van der Waals surface area contributed by atoms with E-state index in [0.29, 0.717) is 30.0 Å². The molecule has 0 heterocycles. The van der Waals surface area contributed by atoms with E-state index >= 15 is 0 Å². The van der Waals surface area contributed by atoms with Crippen LogP contribution in [0.15, 0.2) is 11.6 Å². The van der Waals surface area contributed by atoms with E-state index in [9.17, 15) is 14.4 Å². The number of carbonyl (C=O) groups is 3. The third kappa shape index (κ3) is 2.36. The van der Waals surface area contributed by atoms with Gasteiger partial charge in [-0.1, -0.05) is 19.4 Å². The van der Waals surface area contributed by atoms with E-state index in [1.807, 2.05) is 0 Å². The standard InChI is InChI=1S/C21H28O4/c1-12(22)25-18-11-21(3)13(10-17(18)23)4-5-14-15-6-7-19(24)20(15,2)9-8-16(14)21/h10,14-16,18H,4-9,11H2,1-3H3/t14?,15?,16?,18-,20?,21?/m1/s1. The molecule has 0 aliphatic heterocycles. The summed E-state index contributed by atoms with van der Waals surface area (Å²) in [6.07, 6.45) is 7.53. The zero-order valence-corrected chi connectivity index (χ0v) is 15.5. The number of ether oxygens (including phenoxy) is 1. The van der Waals surface area contributed by atoms with E-state index in [2.05, 4.69) is 13.8 Å². The van der Waals surface area contributed by atoms with Gasteiger partial charge in [-0.3, -0.25) is 14.4 Å². The molecule has 0 N–H and O–H groups in total. The Morgan fingerprint density at radius 2 is 1.80 bits per heavy atom. The molecule has 4 heteroatoms. The number of esters is 1. The summed E-state index contributed by atoms with van der Waals surface area (Å²) < 4.78 is 5.33. The normalized spacial score (nSPS) is 46.0. The molecule has 25 heavy (non-hydrogen) atoms. The highest BCUT2D eigenvalue weighted by molar-refractivity contribution is 5.96. The maximum absolute atomic E-state index is 12.5. The second-order valence-corrected chi connectivity index (χ2v) is 9.13. The summed E-state index contributed by atoms with van der Waals surface area (Å²) >= 11 is 0. The summed E-state index contributed by atoms with van der Waals surface area (Å²) in [6.45, 7) is 5.82. The van der Waals surface area contributed by atoms with Crippen LogP contribution in [-0.2, 0) is 19.1 Å². The van der Waals surface area contributed by atoms with Crippen LogP contribution in [0.2, 0.25) is 0 Å². The SMILES string of the molecule is CC(=O)O[C@@H]1CC2(C)C(=CC1=O)CCC1C3CCC(=O)C3(C)CCC12. The van der Waals surface area contributed by atoms with Gasteiger partial charge in [0, 0.05) is 25.2 Å². The summed E-state index contributed by atoms with van der Waals surface area (Å²) in [7, 11) is 0. The van der Waals surface area contributed by atoms with Gasteiger partial charge in [-0.25, -0.2) is 0 Å². The van der Waals surface area contributed by atoms with Crippen molar-refractivity contribution in [3.8, 4) is 0 Å². The van der Waals surface area contributed by atoms with Crippen LogP contribution < -0.4 is 0 Å². The molecule has 4 aliphatic rings. The number of hydrogen-bond donors (Lipinski definition) is 0. The second kappa shape index (κ2) is 5.52. The van der Waals surface area contributed by atoms with Crippen LogP contribution in [0.25, 0.3) is 0 Å². The second-order valence-electron chi connectivity index (χ2n) is 9.13. The molecule has 0 saturated heterocycles. The highest BCUT2D eigenvalue weighted by atomic mass is 16.5. The van der Waals surface area contributed by atoms with Gasteiger partial charge in [0.15, 0.2) is 11.9 Å². The third-order valence-corrected chi connectivity index (χ3v) is 8.00. The third-order valence-electron chi connectivity index (χ3n) is 8.00. The number of allylic oxidation sites excluding steroid dienone is 1. The van der Waals surface area contributed by atoms with E-state index in [1.165, 1.54) is 12.5 Å². The van der Waals surface area contributed by atoms with Crippen molar-refractivity contribution in [3.05, 3.63) is 11.6 Å². The molecule has 0 spiro atoms. The van der Waals surface area contributed by atoms with Crippen molar-refractivity contribution in [2.24, 2.45) is 28.6 Å². The number of carbonyl (C=O) groups excluding carboxylic acids is 3. The fourth-order valence-corrected chi connectivity index (χ4v) is 6.67. The van der Waals surface area contributed by atoms with Crippen molar-refractivity contribution in [3.63, 3.8) is 0 Å². The number of rotatable bonds is 1. The Labute approximate surface area is 149 Å². The van der Waals surface area contributed by atoms with Gasteiger partial charge in [0.25, 0.3) is 0 Å². The average molecular weight is 344 g/mol. The fraction of sp³-hybridized carbons (Fsp3) is 0.762. The first-order valence-electron chi connectivity index (χ1n) is 9.71. The van der Waals surface area contributed by atoms with Gasteiger partial charge in [0.1, 0.15) is 5.78 Å². The van der Waals surface area contributed by atoms with Crippen LogP contribution in [0.1, 0.15) is 65.7 Å². The topological polar surface area (TPSA) is 60.4 Å². The highest BCUT2D eigenvalue weighted by Crippen LogP contribution is 2.64. The Bertz CT molecular complexity index is 677. The van der Waals surface area contributed by atoms with Crippen LogP contribution >= 0.6 is 0 Å². The lowest BCUT2D eigenvalue weighted by Crippen LogP contribution is -2.52. The molecule has 0 aromatic carbocycles. The van der Waals surface area contributed by atoms with Crippen LogP contribution in [0.3, 0.4) is 0 Å². The lowest BCUT2D eigenvalue weighted by molar-refractivity contribution is -0.156. The van der Waals surface area contributed by atoms with Gasteiger partial charge in [-0.2, -0.15) is 0 Å². The van der Waals surface area contributed by atoms with Gasteiger partial charge < -0.3 is 4.74 Å². The van der Waals surface area contributed by atoms with E-state index in [4.69, 9.17) is 4.74 Å². The maximum atomic E-state index is 12.5. The largest absolute Gasteiger partial charge is 0.454 e. The number of Topliss-reactive ketones (excluding diaryl/α,β-unsaturated/α-hetero) is 1. The molecule has 5 unspecified atom stereocenters. The van der Waals surface area contributed by atoms with Crippen molar-refractivity contribution in [2.45, 2.75) is 71.8 Å². The zero-order valence-electron chi connectivity index (χ0n) is 15.5. The van der Waals surface area contributed by atoms with E-state index < -0.39 is 6.10 Å². The lowest BCUT2D eigenvalue weighted by atomic mass is 9.47. The molecule has 6 atom stereocenters. The summed E-state index contributed by atoms with van der Waals surface area (Å²) in [4.78, 5) is 36.2. The number of fused-ring (bicyclic) bond motifs is 5. The van der Waals surface area contributed by atoms with Gasteiger partial charge in [-0.15, -0.1) is 0 Å². The molecule has 4 rings (SSSR count). The minimum atomic E-state index is -0.636. The van der Waals surface area contributed by atoms with Crippen LogP contribution in [-0.4, -0.2) is 23.6 Å². The zero-order chi connectivity index (χ0) is 18.0. The van der Waals surface area contributed by atoms with E-state index in [1.54, 1.807) is 6.08 Å². The fourth-order valence-electron chi connectivity index (χ4n) is 6.67. The predicted octanol–water partition coefficient (Wildman–Crippen LogP) is 3.63. The summed E-state index contributed by atoms with van der Waals surface area (Å²) in [5.41, 5.74) is 1.04. The van der Waals surface area contributed by atoms with Crippen molar-refractivity contribution in [2.75, 3.05) is 0 Å². The van der Waals surface area contributed by atoms with Gasteiger partial charge in [0.05, 0.1) is 0 Å². The molecular formula is C21H28O4. The number of ketones is 2. The molecule has 136 valence electrons. The minimum Gasteiger partial charge on any atom is -0.454 e. The van der Waals surface area contributed by atoms with Crippen LogP contribution in [0.4, 0.5) is 0 Å². The first kappa shape index (κ1) is 17.0. The molecule has 0 radical (unpaired) electrons. The molecule has 4 nitrogen and oxygen atoms in total. The molecule has 3 saturated carbocycles. The van der Waals surface area contributed by atoms with Crippen molar-refractivity contribution >= 4 is 17.5 Å². The van der Waals surface area contributed by atoms with Crippen molar-refractivity contribution in [1.82, 2.24) is 0 Å². The smallest absolute Gasteiger partial charge is 0.303 e. The van der Waals surface area contributed by atoms with Crippen LogP contribution in [0.5, 0.6) is 0 Å². The Kier molecular flexibility index (Phi) is 3.75. The molecule has 0 bridgehead atoms. The van der Waals surface area contributed by atoms with Crippen LogP contribution in [0, 0.1) is 28.6 Å². The monoisotopic (exact) mass is 344 g/mol. The molecule has 0 amide bonds. The molecular weight excluding hydrogens is 316 g/mol. The van der Waals surface area contributed by atoms with Gasteiger partial charge in [-0.05, 0) is 61.3 Å². The maximum Gasteiger partial charge on any atom is 0.303 e. The minimum absolute atomic E-state index is 0.0576. The molecule has 0 aromatic heterocycles. The Balaban J connectivity index is 1.66. The predicted molar refractivity (Wildman–Crippen MR) is 92.7 cm³/mol. The first-order valence-corrected chi connectivity index (χ1v) is 9.71. The van der Waals surface area contributed by atoms with Gasteiger partial charge >= 0.3 is 5.97 Å². The Hall–Kier alpha value is -1.45. The summed E-state index contributed by atoms with van der Waals surface area (Å²) in [5.74, 6) is 1.55. The van der Waals surface area contributed by atoms with E-state index in [-0.39, 0.29) is 22.6 Å². The molecule has 0 aromatic rings. The molecule has 4 aliphatic carbocycles. The summed E-state index contributed by atoms with van der Waals surface area (Å²) in [5, 5.41) is 0. The highest BCUT2D eigenvalue weighted by Gasteiger charge is 2.59. The Morgan fingerprint density at radius 3 is 2.52 bits per heavy atom. The van der Waals surface area contributed by atoms with Crippen molar-refractivity contribution < 1.29 is 19.1 Å². The van der Waals surface area contributed by atoms with E-state index in [0.717, 1.165) is 38.5 Å². The number of hydrogen-bond acceptors (Lipinski definition) is 4. The lowest BCUT2D eigenvalue weighted by Gasteiger charge is -2.57. The van der Waals surface area contributed by atoms with Crippen molar-refractivity contribution in [1.29, 1.82) is 0 Å². The average Bonchev–Trinajstić information content (AvgIpc) is 2.84. The van der Waals surface area contributed by atoms with Gasteiger partial charge in [0.2, 0.25) is 0 Å². The molecule has 3 fully saturated rings. The quantitative estimate of drug-likeness (QED) is 0.682.